The second kappa shape index (κ2) is 7.93. The van der Waals surface area contributed by atoms with Crippen LogP contribution < -0.4 is 15.8 Å². The van der Waals surface area contributed by atoms with E-state index in [1.165, 1.54) is 11.9 Å². The number of fused-ring (bicyclic) bond motifs is 1. The van der Waals surface area contributed by atoms with Gasteiger partial charge < -0.3 is 20.7 Å². The first-order valence-corrected chi connectivity index (χ1v) is 9.00. The molecular weight excluding hydrogens is 425 g/mol. The molecule has 1 aliphatic rings. The number of nitrogens with two attached hydrogens (primary N) is 1. The Morgan fingerprint density at radius 2 is 1.90 bits per heavy atom. The van der Waals surface area contributed by atoms with Gasteiger partial charge in [0.15, 0.2) is 23.6 Å². The largest absolute Gasteiger partial charge is 0.493 e. The summed E-state index contributed by atoms with van der Waals surface area (Å²) in [5.41, 5.74) is 2.61. The maximum absolute atomic E-state index is 14.4. The van der Waals surface area contributed by atoms with Gasteiger partial charge in [0.05, 0.1) is 12.7 Å². The van der Waals surface area contributed by atoms with Gasteiger partial charge in [-0.15, -0.1) is 0 Å². The second-order valence-corrected chi connectivity index (χ2v) is 7.11. The number of aromatic nitrogens is 1. The van der Waals surface area contributed by atoms with E-state index in [0.717, 1.165) is 13.2 Å². The molecule has 0 saturated heterocycles. The average molecular weight is 445 g/mol. The molecule has 0 fully saturated rings. The number of nitrogens with zero attached hydrogens (tertiary/aromatic N) is 3. The zero-order valence-electron chi connectivity index (χ0n) is 17.1. The number of pyridine rings is 1. The monoisotopic (exact) mass is 445 g/mol. The van der Waals surface area contributed by atoms with Crippen LogP contribution in [-0.4, -0.2) is 55.2 Å². The summed E-state index contributed by atoms with van der Waals surface area (Å²) in [6.07, 6.45) is -5.75. The highest BCUT2D eigenvalue weighted by atomic mass is 19.4. The molecule has 0 radical (unpaired) electrons. The first-order valence-electron chi connectivity index (χ1n) is 9.00. The van der Waals surface area contributed by atoms with E-state index in [4.69, 9.17) is 10.5 Å². The number of hydrogen-bond acceptors (Lipinski definition) is 6. The Bertz CT molecular complexity index is 1040. The molecule has 1 unspecified atom stereocenters. The third-order valence-corrected chi connectivity index (χ3v) is 4.91. The molecule has 2 heterocycles. The number of hydrogen-bond donors (Lipinski definition) is 2. The van der Waals surface area contributed by atoms with Gasteiger partial charge in [-0.1, -0.05) is 0 Å². The van der Waals surface area contributed by atoms with Crippen LogP contribution in [0.15, 0.2) is 12.1 Å². The van der Waals surface area contributed by atoms with Gasteiger partial charge >= 0.3 is 6.18 Å². The van der Waals surface area contributed by atoms with Crippen molar-refractivity contribution in [2.45, 2.75) is 19.0 Å². The molecule has 0 spiro atoms. The summed E-state index contributed by atoms with van der Waals surface area (Å²) in [5.74, 6) is -3.82. The molecule has 1 aromatic carbocycles. The van der Waals surface area contributed by atoms with Crippen molar-refractivity contribution in [3.05, 3.63) is 40.6 Å². The van der Waals surface area contributed by atoms with Gasteiger partial charge in [0.2, 0.25) is 0 Å². The number of amides is 1. The van der Waals surface area contributed by atoms with Crippen LogP contribution >= 0.6 is 0 Å². The molecule has 1 aromatic heterocycles. The summed E-state index contributed by atoms with van der Waals surface area (Å²) in [6.45, 7) is -0.695. The van der Waals surface area contributed by atoms with Crippen LogP contribution in [0.1, 0.15) is 21.6 Å². The topological polar surface area (TPSA) is 83.7 Å². The van der Waals surface area contributed by atoms with Crippen LogP contribution in [0.25, 0.3) is 11.1 Å². The van der Waals surface area contributed by atoms with Gasteiger partial charge in [0, 0.05) is 36.3 Å². The van der Waals surface area contributed by atoms with E-state index in [1.54, 1.807) is 19.0 Å². The van der Waals surface area contributed by atoms with Crippen molar-refractivity contribution in [1.82, 2.24) is 14.8 Å². The fourth-order valence-electron chi connectivity index (χ4n) is 3.60. The lowest BCUT2D eigenvalue weighted by Gasteiger charge is -2.39. The van der Waals surface area contributed by atoms with Crippen molar-refractivity contribution in [3.8, 4) is 16.9 Å². The average Bonchev–Trinajstić information content (AvgIpc) is 2.67. The Morgan fingerprint density at radius 3 is 2.42 bits per heavy atom. The zero-order chi connectivity index (χ0) is 23.2. The van der Waals surface area contributed by atoms with Crippen molar-refractivity contribution in [3.63, 3.8) is 0 Å². The Kier molecular flexibility index (Phi) is 5.80. The first kappa shape index (κ1) is 22.7. The Morgan fingerprint density at radius 1 is 1.26 bits per heavy atom. The zero-order valence-corrected chi connectivity index (χ0v) is 17.1. The number of nitrogens with one attached hydrogen (secondary N) is 1. The molecule has 1 atom stereocenters. The highest BCUT2D eigenvalue weighted by Crippen LogP contribution is 2.45. The summed E-state index contributed by atoms with van der Waals surface area (Å²) in [4.78, 5) is 19.6. The third kappa shape index (κ3) is 3.76. The van der Waals surface area contributed by atoms with E-state index in [2.05, 4.69) is 10.3 Å². The molecule has 1 aliphatic heterocycles. The van der Waals surface area contributed by atoms with Gasteiger partial charge in [0.1, 0.15) is 11.6 Å². The number of benzene rings is 1. The van der Waals surface area contributed by atoms with Gasteiger partial charge in [0.25, 0.3) is 5.91 Å². The Labute approximate surface area is 174 Å². The fourth-order valence-corrected chi connectivity index (χ4v) is 3.60. The fraction of sp³-hybridized carbons (Fsp3) is 0.368. The highest BCUT2D eigenvalue weighted by molar-refractivity contribution is 6.08. The summed E-state index contributed by atoms with van der Waals surface area (Å²) >= 11 is 0. The van der Waals surface area contributed by atoms with E-state index in [9.17, 15) is 26.7 Å². The Balaban J connectivity index is 2.50. The highest BCUT2D eigenvalue weighted by Gasteiger charge is 2.42. The number of anilines is 1. The molecule has 12 heteroatoms. The number of carbonyl (C=O) groups is 1. The molecular formula is C19H20F5N5O2. The van der Waals surface area contributed by atoms with Crippen LogP contribution in [0.4, 0.5) is 27.8 Å². The molecule has 3 N–H and O–H groups in total. The second-order valence-electron chi connectivity index (χ2n) is 7.11. The van der Waals surface area contributed by atoms with Gasteiger partial charge in [-0.05, 0) is 20.2 Å². The molecule has 3 rings (SSSR count). The smallest absolute Gasteiger partial charge is 0.433 e. The van der Waals surface area contributed by atoms with Crippen LogP contribution in [-0.2, 0) is 12.7 Å². The minimum atomic E-state index is -4.95. The van der Waals surface area contributed by atoms with Crippen molar-refractivity contribution < 1.29 is 31.5 Å². The predicted octanol–water partition coefficient (Wildman–Crippen LogP) is 2.86. The van der Waals surface area contributed by atoms with Crippen molar-refractivity contribution in [2.75, 3.05) is 33.6 Å². The lowest BCUT2D eigenvalue weighted by Crippen LogP contribution is -2.54. The van der Waals surface area contributed by atoms with Crippen LogP contribution in [0.5, 0.6) is 5.75 Å². The molecule has 0 bridgehead atoms. The van der Waals surface area contributed by atoms with Gasteiger partial charge in [-0.3, -0.25) is 9.69 Å². The number of rotatable bonds is 4. The third-order valence-electron chi connectivity index (χ3n) is 4.91. The number of carbonyl (C=O) groups excluding carboxylic acids is 1. The normalized spacial score (nSPS) is 16.4. The van der Waals surface area contributed by atoms with E-state index in [-0.39, 0.29) is 16.9 Å². The quantitative estimate of drug-likeness (QED) is 0.705. The van der Waals surface area contributed by atoms with Crippen LogP contribution in [0.3, 0.4) is 0 Å². The summed E-state index contributed by atoms with van der Waals surface area (Å²) < 4.78 is 75.0. The van der Waals surface area contributed by atoms with Gasteiger partial charge in [-0.2, -0.15) is 13.2 Å². The van der Waals surface area contributed by atoms with E-state index < -0.39 is 59.1 Å². The molecule has 31 heavy (non-hydrogen) atoms. The number of halogens is 5. The maximum Gasteiger partial charge on any atom is 0.433 e. The maximum atomic E-state index is 14.4. The Hall–Kier alpha value is -2.99. The lowest BCUT2D eigenvalue weighted by atomic mass is 9.91. The van der Waals surface area contributed by atoms with Crippen molar-refractivity contribution >= 4 is 11.7 Å². The van der Waals surface area contributed by atoms with E-state index in [1.807, 2.05) is 0 Å². The van der Waals surface area contributed by atoms with Crippen molar-refractivity contribution in [2.24, 2.45) is 5.73 Å². The minimum Gasteiger partial charge on any atom is -0.493 e. The molecule has 1 amide bonds. The minimum absolute atomic E-state index is 0.294. The van der Waals surface area contributed by atoms with E-state index in [0.29, 0.717) is 6.07 Å². The number of ether oxygens (including phenoxy) is 1. The summed E-state index contributed by atoms with van der Waals surface area (Å²) in [7, 11) is 5.72. The van der Waals surface area contributed by atoms with Crippen LogP contribution in [0.2, 0.25) is 0 Å². The standard InChI is InChI=1S/C19H20F5N5O2/c1-28(2)18-27-16-13(17(30)29(18)3)12(10(7-25)15(26-16)19(22,23)24)9-5-8(20)6-11(21)14(9)31-4/h5-6,18H,7,25H2,1-4H3,(H,26,27). The predicted molar refractivity (Wildman–Crippen MR) is 102 cm³/mol. The van der Waals surface area contributed by atoms with Gasteiger partial charge in [-0.25, -0.2) is 13.8 Å². The molecule has 0 aliphatic carbocycles. The molecule has 0 saturated carbocycles. The SMILES string of the molecule is COc1c(F)cc(F)cc1-c1c(CN)c(C(F)(F)F)nc2c1C(=O)N(C)C(N(C)C)N2. The number of methoxy groups -OCH3 is 1. The molecule has 168 valence electrons. The van der Waals surface area contributed by atoms with Crippen molar-refractivity contribution in [1.29, 1.82) is 0 Å². The van der Waals surface area contributed by atoms with Crippen LogP contribution in [0, 0.1) is 11.6 Å². The van der Waals surface area contributed by atoms with E-state index >= 15 is 0 Å². The first-order chi connectivity index (χ1) is 14.4. The summed E-state index contributed by atoms with van der Waals surface area (Å²) in [5, 5.41) is 2.77. The lowest BCUT2D eigenvalue weighted by molar-refractivity contribution is -0.141. The summed E-state index contributed by atoms with van der Waals surface area (Å²) in [6, 6.07) is 1.32. The molecule has 7 nitrogen and oxygen atoms in total. The molecule has 2 aromatic rings. The number of alkyl halides is 3.